The zero-order valence-corrected chi connectivity index (χ0v) is 13.6. The number of thiocarbonyl (C=S) groups is 1. The van der Waals surface area contributed by atoms with Crippen molar-refractivity contribution in [1.82, 2.24) is 4.72 Å². The first-order valence-electron chi connectivity index (χ1n) is 5.41. The zero-order chi connectivity index (χ0) is 14.8. The van der Waals surface area contributed by atoms with Crippen LogP contribution in [0.1, 0.15) is 20.3 Å². The van der Waals surface area contributed by atoms with Crippen LogP contribution >= 0.6 is 28.1 Å². The van der Waals surface area contributed by atoms with E-state index in [0.29, 0.717) is 10.9 Å². The molecule has 1 aromatic rings. The molecule has 3 N–H and O–H groups in total. The highest BCUT2D eigenvalue weighted by molar-refractivity contribution is 9.10. The Kier molecular flexibility index (Phi) is 5.05. The van der Waals surface area contributed by atoms with E-state index in [-0.39, 0.29) is 4.99 Å². The molecule has 8 heteroatoms. The van der Waals surface area contributed by atoms with Gasteiger partial charge < -0.3 is 5.73 Å². The minimum atomic E-state index is -4.04. The SMILES string of the molecule is CCC(C)(NS(=O)(=O)c1ccc(Br)cc1F)C(N)=S. The lowest BCUT2D eigenvalue weighted by atomic mass is 10.0. The predicted molar refractivity (Wildman–Crippen MR) is 79.9 cm³/mol. The maximum absolute atomic E-state index is 13.7. The van der Waals surface area contributed by atoms with Gasteiger partial charge in [-0.25, -0.2) is 12.8 Å². The molecule has 0 aliphatic rings. The van der Waals surface area contributed by atoms with E-state index in [1.807, 2.05) is 0 Å². The van der Waals surface area contributed by atoms with Crippen LogP contribution in [-0.4, -0.2) is 18.9 Å². The van der Waals surface area contributed by atoms with Crippen molar-refractivity contribution in [1.29, 1.82) is 0 Å². The molecule has 0 saturated carbocycles. The Hall–Kier alpha value is -0.570. The Labute approximate surface area is 125 Å². The van der Waals surface area contributed by atoms with E-state index in [9.17, 15) is 12.8 Å². The van der Waals surface area contributed by atoms with Gasteiger partial charge in [-0.3, -0.25) is 0 Å². The van der Waals surface area contributed by atoms with Crippen LogP contribution in [0.2, 0.25) is 0 Å². The van der Waals surface area contributed by atoms with Crippen molar-refractivity contribution >= 4 is 43.2 Å². The number of benzene rings is 1. The largest absolute Gasteiger partial charge is 0.392 e. The number of hydrogen-bond donors (Lipinski definition) is 2. The lowest BCUT2D eigenvalue weighted by molar-refractivity contribution is 0.504. The highest BCUT2D eigenvalue weighted by Crippen LogP contribution is 2.22. The van der Waals surface area contributed by atoms with E-state index < -0.39 is 26.3 Å². The van der Waals surface area contributed by atoms with Gasteiger partial charge in [-0.1, -0.05) is 35.1 Å². The number of sulfonamides is 1. The highest BCUT2D eigenvalue weighted by Gasteiger charge is 2.33. The van der Waals surface area contributed by atoms with Crippen LogP contribution < -0.4 is 10.5 Å². The highest BCUT2D eigenvalue weighted by atomic mass is 79.9. The minimum absolute atomic E-state index is 0.0103. The molecule has 0 spiro atoms. The Balaban J connectivity index is 3.22. The second-order valence-corrected chi connectivity index (χ2v) is 7.24. The van der Waals surface area contributed by atoms with Gasteiger partial charge in [-0.2, -0.15) is 4.72 Å². The molecule has 0 aliphatic carbocycles. The molecule has 0 fully saturated rings. The number of hydrogen-bond acceptors (Lipinski definition) is 3. The summed E-state index contributed by atoms with van der Waals surface area (Å²) < 4.78 is 40.8. The van der Waals surface area contributed by atoms with E-state index >= 15 is 0 Å². The van der Waals surface area contributed by atoms with Gasteiger partial charge in [-0.15, -0.1) is 0 Å². The smallest absolute Gasteiger partial charge is 0.244 e. The molecule has 0 amide bonds. The van der Waals surface area contributed by atoms with Crippen LogP contribution in [0.3, 0.4) is 0 Å². The Morgan fingerprint density at radius 3 is 2.58 bits per heavy atom. The van der Waals surface area contributed by atoms with Crippen molar-refractivity contribution in [2.24, 2.45) is 5.73 Å². The maximum atomic E-state index is 13.7. The Bertz CT molecular complexity index is 607. The van der Waals surface area contributed by atoms with Crippen molar-refractivity contribution in [3.05, 3.63) is 28.5 Å². The van der Waals surface area contributed by atoms with Crippen LogP contribution in [0.4, 0.5) is 4.39 Å². The molecule has 0 aromatic heterocycles. The molecule has 0 aliphatic heterocycles. The molecular formula is C11H14BrFN2O2S2. The monoisotopic (exact) mass is 368 g/mol. The molecule has 1 unspecified atom stereocenters. The van der Waals surface area contributed by atoms with Gasteiger partial charge in [0.25, 0.3) is 0 Å². The average molecular weight is 369 g/mol. The quantitative estimate of drug-likeness (QED) is 0.782. The van der Waals surface area contributed by atoms with Gasteiger partial charge in [0.05, 0.1) is 10.5 Å². The first-order valence-corrected chi connectivity index (χ1v) is 8.10. The summed E-state index contributed by atoms with van der Waals surface area (Å²) in [5.74, 6) is -0.844. The van der Waals surface area contributed by atoms with Crippen molar-refractivity contribution in [2.75, 3.05) is 0 Å². The van der Waals surface area contributed by atoms with E-state index in [1.54, 1.807) is 13.8 Å². The van der Waals surface area contributed by atoms with Crippen molar-refractivity contribution in [2.45, 2.75) is 30.7 Å². The molecule has 4 nitrogen and oxygen atoms in total. The maximum Gasteiger partial charge on any atom is 0.244 e. The summed E-state index contributed by atoms with van der Waals surface area (Å²) >= 11 is 7.92. The Morgan fingerprint density at radius 2 is 2.16 bits per heavy atom. The molecule has 106 valence electrons. The molecule has 0 radical (unpaired) electrons. The standard InChI is InChI=1S/C11H14BrFN2O2S2/c1-3-11(2,10(14)18)15-19(16,17)9-5-4-7(12)6-8(9)13/h4-6,15H,3H2,1-2H3,(H2,14,18). The van der Waals surface area contributed by atoms with Gasteiger partial charge in [0.15, 0.2) is 0 Å². The van der Waals surface area contributed by atoms with Gasteiger partial charge in [0.1, 0.15) is 10.7 Å². The molecular weight excluding hydrogens is 355 g/mol. The van der Waals surface area contributed by atoms with Crippen LogP contribution in [0.15, 0.2) is 27.6 Å². The summed E-state index contributed by atoms with van der Waals surface area (Å²) in [6.45, 7) is 3.29. The third kappa shape index (κ3) is 3.71. The van der Waals surface area contributed by atoms with Gasteiger partial charge in [0.2, 0.25) is 10.0 Å². The zero-order valence-electron chi connectivity index (χ0n) is 10.4. The fraction of sp³-hybridized carbons (Fsp3) is 0.364. The van der Waals surface area contributed by atoms with E-state index in [2.05, 4.69) is 20.7 Å². The van der Waals surface area contributed by atoms with Crippen LogP contribution in [0.25, 0.3) is 0 Å². The topological polar surface area (TPSA) is 72.2 Å². The second kappa shape index (κ2) is 5.82. The van der Waals surface area contributed by atoms with Crippen molar-refractivity contribution in [3.63, 3.8) is 0 Å². The lowest BCUT2D eigenvalue weighted by Crippen LogP contribution is -2.54. The molecule has 1 aromatic carbocycles. The first-order chi connectivity index (χ1) is 8.62. The van der Waals surface area contributed by atoms with Crippen LogP contribution in [-0.2, 0) is 10.0 Å². The molecule has 0 heterocycles. The van der Waals surface area contributed by atoms with Crippen LogP contribution in [0, 0.1) is 5.82 Å². The lowest BCUT2D eigenvalue weighted by Gasteiger charge is -2.27. The van der Waals surface area contributed by atoms with Crippen LogP contribution in [0.5, 0.6) is 0 Å². The molecule has 0 bridgehead atoms. The molecule has 0 saturated heterocycles. The van der Waals surface area contributed by atoms with E-state index in [1.165, 1.54) is 12.1 Å². The number of nitrogens with two attached hydrogens (primary N) is 1. The number of rotatable bonds is 5. The summed E-state index contributed by atoms with van der Waals surface area (Å²) in [5, 5.41) is 0. The fourth-order valence-electron chi connectivity index (χ4n) is 1.34. The van der Waals surface area contributed by atoms with Crippen molar-refractivity contribution in [3.8, 4) is 0 Å². The molecule has 1 rings (SSSR count). The predicted octanol–water partition coefficient (Wildman–Crippen LogP) is 2.32. The molecule has 19 heavy (non-hydrogen) atoms. The van der Waals surface area contributed by atoms with E-state index in [4.69, 9.17) is 18.0 Å². The third-order valence-corrected chi connectivity index (χ3v) is 5.37. The average Bonchev–Trinajstić information content (AvgIpc) is 2.27. The summed E-state index contributed by atoms with van der Waals surface area (Å²) in [7, 11) is -4.04. The summed E-state index contributed by atoms with van der Waals surface area (Å²) in [5.41, 5.74) is 4.44. The fourth-order valence-corrected chi connectivity index (χ4v) is 3.45. The third-order valence-electron chi connectivity index (χ3n) is 2.79. The Morgan fingerprint density at radius 1 is 1.58 bits per heavy atom. The van der Waals surface area contributed by atoms with Gasteiger partial charge in [0, 0.05) is 4.47 Å². The second-order valence-electron chi connectivity index (χ2n) is 4.23. The molecule has 1 atom stereocenters. The minimum Gasteiger partial charge on any atom is -0.392 e. The summed E-state index contributed by atoms with van der Waals surface area (Å²) in [4.78, 5) is -0.428. The van der Waals surface area contributed by atoms with Gasteiger partial charge >= 0.3 is 0 Å². The number of halogens is 2. The summed E-state index contributed by atoms with van der Waals surface area (Å²) in [6.07, 6.45) is 0.361. The number of nitrogens with one attached hydrogen (secondary N) is 1. The van der Waals surface area contributed by atoms with Gasteiger partial charge in [-0.05, 0) is 31.5 Å². The summed E-state index contributed by atoms with van der Waals surface area (Å²) in [6, 6.07) is 3.71. The first kappa shape index (κ1) is 16.5. The van der Waals surface area contributed by atoms with E-state index in [0.717, 1.165) is 6.07 Å². The van der Waals surface area contributed by atoms with Crippen molar-refractivity contribution < 1.29 is 12.8 Å². The normalized spacial score (nSPS) is 14.9.